The summed E-state index contributed by atoms with van der Waals surface area (Å²) in [7, 11) is 0. The summed E-state index contributed by atoms with van der Waals surface area (Å²) in [5.74, 6) is 1.72. The zero-order valence-corrected chi connectivity index (χ0v) is 18.6. The summed E-state index contributed by atoms with van der Waals surface area (Å²) in [5, 5.41) is 11.4. The first-order valence-corrected chi connectivity index (χ1v) is 11.2. The first-order valence-electron chi connectivity index (χ1n) is 11.2. The molecule has 1 saturated heterocycles. The van der Waals surface area contributed by atoms with Crippen LogP contribution in [0.3, 0.4) is 0 Å². The van der Waals surface area contributed by atoms with Crippen LogP contribution in [0.1, 0.15) is 16.7 Å². The summed E-state index contributed by atoms with van der Waals surface area (Å²) in [6.07, 6.45) is 0. The molecule has 1 aliphatic rings. The Morgan fingerprint density at radius 3 is 2.38 bits per heavy atom. The minimum Gasteiger partial charge on any atom is -0.507 e. The molecule has 5 nitrogen and oxygen atoms in total. The molecule has 3 aromatic carbocycles. The van der Waals surface area contributed by atoms with Gasteiger partial charge in [0.25, 0.3) is 0 Å². The molecule has 1 fully saturated rings. The third kappa shape index (κ3) is 4.16. The monoisotopic (exact) mass is 424 g/mol. The second-order valence-corrected chi connectivity index (χ2v) is 8.66. The number of hydrogen-bond acceptors (Lipinski definition) is 5. The summed E-state index contributed by atoms with van der Waals surface area (Å²) in [6.45, 7) is 8.98. The third-order valence-electron chi connectivity index (χ3n) is 6.14. The molecule has 0 bridgehead atoms. The van der Waals surface area contributed by atoms with Crippen LogP contribution in [-0.2, 0) is 6.54 Å². The van der Waals surface area contributed by atoms with Crippen molar-refractivity contribution in [2.45, 2.75) is 20.4 Å². The molecule has 0 amide bonds. The van der Waals surface area contributed by atoms with E-state index in [2.05, 4.69) is 66.1 Å². The number of nitrogens with zero attached hydrogens (tertiary/aromatic N) is 4. The molecule has 0 atom stereocenters. The van der Waals surface area contributed by atoms with Gasteiger partial charge in [0.05, 0.1) is 11.1 Å². The van der Waals surface area contributed by atoms with E-state index in [0.29, 0.717) is 11.4 Å². The predicted molar refractivity (Wildman–Crippen MR) is 130 cm³/mol. The van der Waals surface area contributed by atoms with Crippen molar-refractivity contribution >= 4 is 16.7 Å². The van der Waals surface area contributed by atoms with Gasteiger partial charge in [-0.3, -0.25) is 4.90 Å². The topological polar surface area (TPSA) is 52.5 Å². The Bertz CT molecular complexity index is 1260. The van der Waals surface area contributed by atoms with E-state index in [0.717, 1.165) is 55.0 Å². The summed E-state index contributed by atoms with van der Waals surface area (Å²) in [6, 6.07) is 22.4. The van der Waals surface area contributed by atoms with E-state index in [4.69, 9.17) is 9.97 Å². The van der Waals surface area contributed by atoms with Crippen molar-refractivity contribution in [1.29, 1.82) is 0 Å². The number of anilines is 1. The Morgan fingerprint density at radius 1 is 0.812 bits per heavy atom. The molecule has 0 aliphatic carbocycles. The highest BCUT2D eigenvalue weighted by Crippen LogP contribution is 2.32. The zero-order valence-electron chi connectivity index (χ0n) is 18.6. The van der Waals surface area contributed by atoms with Crippen molar-refractivity contribution in [2.24, 2.45) is 0 Å². The highest BCUT2D eigenvalue weighted by molar-refractivity contribution is 5.92. The number of aromatic nitrogens is 2. The Labute approximate surface area is 189 Å². The quantitative estimate of drug-likeness (QED) is 0.503. The SMILES string of the molecule is Cc1cccc(CN2CCN(c3nc(-c4ccccc4O)nc4cc(C)ccc34)CC2)c1. The van der Waals surface area contributed by atoms with E-state index in [1.165, 1.54) is 11.1 Å². The second kappa shape index (κ2) is 8.60. The third-order valence-corrected chi connectivity index (χ3v) is 6.14. The van der Waals surface area contributed by atoms with Crippen LogP contribution in [0, 0.1) is 13.8 Å². The Kier molecular flexibility index (Phi) is 5.50. The van der Waals surface area contributed by atoms with Gasteiger partial charge in [0.15, 0.2) is 5.82 Å². The van der Waals surface area contributed by atoms with Crippen LogP contribution in [0.5, 0.6) is 5.75 Å². The van der Waals surface area contributed by atoms with E-state index < -0.39 is 0 Å². The van der Waals surface area contributed by atoms with Crippen LogP contribution in [-0.4, -0.2) is 46.2 Å². The van der Waals surface area contributed by atoms with Gasteiger partial charge in [-0.1, -0.05) is 48.0 Å². The van der Waals surface area contributed by atoms with Gasteiger partial charge in [-0.15, -0.1) is 0 Å². The molecular formula is C27H28N4O. The minimum absolute atomic E-state index is 0.202. The van der Waals surface area contributed by atoms with Gasteiger partial charge in [0, 0.05) is 38.1 Å². The van der Waals surface area contributed by atoms with Gasteiger partial charge in [-0.2, -0.15) is 0 Å². The highest BCUT2D eigenvalue weighted by Gasteiger charge is 2.22. The molecular weight excluding hydrogens is 396 g/mol. The maximum atomic E-state index is 10.4. The molecule has 0 spiro atoms. The summed E-state index contributed by atoms with van der Waals surface area (Å²) >= 11 is 0. The number of phenols is 1. The van der Waals surface area contributed by atoms with Gasteiger partial charge >= 0.3 is 0 Å². The maximum absolute atomic E-state index is 10.4. The van der Waals surface area contributed by atoms with Gasteiger partial charge < -0.3 is 10.0 Å². The molecule has 1 aromatic heterocycles. The molecule has 32 heavy (non-hydrogen) atoms. The fourth-order valence-corrected chi connectivity index (χ4v) is 4.43. The lowest BCUT2D eigenvalue weighted by atomic mass is 10.1. The van der Waals surface area contributed by atoms with E-state index in [-0.39, 0.29) is 5.75 Å². The molecule has 0 radical (unpaired) electrons. The number of para-hydroxylation sites is 1. The minimum atomic E-state index is 0.202. The summed E-state index contributed by atoms with van der Waals surface area (Å²) in [5.41, 5.74) is 5.41. The van der Waals surface area contributed by atoms with E-state index >= 15 is 0 Å². The number of aryl methyl sites for hydroxylation is 2. The van der Waals surface area contributed by atoms with Crippen LogP contribution >= 0.6 is 0 Å². The van der Waals surface area contributed by atoms with Crippen molar-refractivity contribution in [2.75, 3.05) is 31.1 Å². The number of benzene rings is 3. The standard InChI is InChI=1S/C27H28N4O/c1-19-6-5-7-21(16-19)18-30-12-14-31(15-13-30)27-22-11-10-20(2)17-24(22)28-26(29-27)23-8-3-4-9-25(23)32/h3-11,16-17,32H,12-15,18H2,1-2H3. The largest absolute Gasteiger partial charge is 0.507 e. The van der Waals surface area contributed by atoms with Crippen LogP contribution in [0.4, 0.5) is 5.82 Å². The molecule has 1 N–H and O–H groups in total. The molecule has 4 aromatic rings. The Balaban J connectivity index is 1.44. The lowest BCUT2D eigenvalue weighted by Gasteiger charge is -2.36. The fourth-order valence-electron chi connectivity index (χ4n) is 4.43. The van der Waals surface area contributed by atoms with E-state index in [9.17, 15) is 5.11 Å². The Morgan fingerprint density at radius 2 is 1.59 bits per heavy atom. The molecule has 2 heterocycles. The van der Waals surface area contributed by atoms with Crippen molar-refractivity contribution in [3.05, 3.63) is 83.4 Å². The van der Waals surface area contributed by atoms with Gasteiger partial charge in [-0.25, -0.2) is 9.97 Å². The van der Waals surface area contributed by atoms with Crippen LogP contribution < -0.4 is 4.90 Å². The van der Waals surface area contributed by atoms with Crippen molar-refractivity contribution in [3.63, 3.8) is 0 Å². The second-order valence-electron chi connectivity index (χ2n) is 8.66. The lowest BCUT2D eigenvalue weighted by molar-refractivity contribution is 0.249. The molecule has 5 rings (SSSR count). The van der Waals surface area contributed by atoms with Gasteiger partial charge in [0.1, 0.15) is 11.6 Å². The molecule has 1 aliphatic heterocycles. The smallest absolute Gasteiger partial charge is 0.165 e. The van der Waals surface area contributed by atoms with E-state index in [1.54, 1.807) is 6.07 Å². The molecule has 0 saturated carbocycles. The average Bonchev–Trinajstić information content (AvgIpc) is 2.79. The number of hydrogen-bond donors (Lipinski definition) is 1. The maximum Gasteiger partial charge on any atom is 0.165 e. The zero-order chi connectivity index (χ0) is 22.1. The van der Waals surface area contributed by atoms with Gasteiger partial charge in [0.2, 0.25) is 0 Å². The van der Waals surface area contributed by atoms with Crippen molar-refractivity contribution in [3.8, 4) is 17.1 Å². The normalized spacial score (nSPS) is 14.8. The van der Waals surface area contributed by atoms with Crippen molar-refractivity contribution in [1.82, 2.24) is 14.9 Å². The fraction of sp³-hybridized carbons (Fsp3) is 0.259. The Hall–Kier alpha value is -3.44. The van der Waals surface area contributed by atoms with Crippen LogP contribution in [0.2, 0.25) is 0 Å². The number of piperazine rings is 1. The highest BCUT2D eigenvalue weighted by atomic mass is 16.3. The number of rotatable bonds is 4. The number of aromatic hydroxyl groups is 1. The average molecular weight is 425 g/mol. The van der Waals surface area contributed by atoms with Crippen molar-refractivity contribution < 1.29 is 5.11 Å². The molecule has 5 heteroatoms. The first-order chi connectivity index (χ1) is 15.6. The first kappa shape index (κ1) is 20.5. The van der Waals surface area contributed by atoms with Gasteiger partial charge in [-0.05, 0) is 49.2 Å². The number of fused-ring (bicyclic) bond motifs is 1. The molecule has 162 valence electrons. The molecule has 0 unspecified atom stereocenters. The summed E-state index contributed by atoms with van der Waals surface area (Å²) < 4.78 is 0. The van der Waals surface area contributed by atoms with Crippen LogP contribution in [0.15, 0.2) is 66.7 Å². The van der Waals surface area contributed by atoms with E-state index in [1.807, 2.05) is 18.2 Å². The lowest BCUT2D eigenvalue weighted by Crippen LogP contribution is -2.46. The van der Waals surface area contributed by atoms with Crippen LogP contribution in [0.25, 0.3) is 22.3 Å². The summed E-state index contributed by atoms with van der Waals surface area (Å²) in [4.78, 5) is 14.6. The number of phenolic OH excluding ortho intramolecular Hbond substituents is 1. The predicted octanol–water partition coefficient (Wildman–Crippen LogP) is 4.94.